The van der Waals surface area contributed by atoms with Crippen LogP contribution in [0.2, 0.25) is 0 Å². The zero-order chi connectivity index (χ0) is 9.52. The molecule has 0 saturated carbocycles. The lowest BCUT2D eigenvalue weighted by molar-refractivity contribution is 0.475. The Morgan fingerprint density at radius 2 is 1.92 bits per heavy atom. The number of halogens is 1. The molecule has 0 atom stereocenters. The molecule has 1 N–H and O–H groups in total. The van der Waals surface area contributed by atoms with Crippen LogP contribution in [-0.4, -0.2) is 11.0 Å². The maximum atomic E-state index is 9.02. The lowest BCUT2D eigenvalue weighted by Gasteiger charge is -1.93. The molecular formula is C11H13ClO. The molecule has 13 heavy (non-hydrogen) atoms. The summed E-state index contributed by atoms with van der Waals surface area (Å²) >= 11 is 5.54. The first-order chi connectivity index (χ1) is 6.33. The lowest BCUT2D eigenvalue weighted by atomic mass is 10.2. The molecule has 0 fully saturated rings. The fourth-order valence-electron chi connectivity index (χ4n) is 1.000. The summed E-state index contributed by atoms with van der Waals surface area (Å²) in [6, 6.07) is 7.13. The summed E-state index contributed by atoms with van der Waals surface area (Å²) in [5, 5.41) is 9.02. The van der Waals surface area contributed by atoms with Crippen LogP contribution < -0.4 is 0 Å². The van der Waals surface area contributed by atoms with E-state index in [4.69, 9.17) is 16.7 Å². The average molecular weight is 197 g/mol. The van der Waals surface area contributed by atoms with E-state index in [1.165, 1.54) is 0 Å². The predicted molar refractivity (Wildman–Crippen MR) is 57.1 cm³/mol. The largest absolute Gasteiger partial charge is 0.508 e. The first kappa shape index (κ1) is 10.1. The van der Waals surface area contributed by atoms with Crippen LogP contribution in [0.25, 0.3) is 6.08 Å². The van der Waals surface area contributed by atoms with Gasteiger partial charge in [0.15, 0.2) is 0 Å². The van der Waals surface area contributed by atoms with Crippen LogP contribution in [0.15, 0.2) is 30.3 Å². The minimum atomic E-state index is 0.304. The summed E-state index contributed by atoms with van der Waals surface area (Å²) in [6.07, 6.45) is 6.14. The summed E-state index contributed by atoms with van der Waals surface area (Å²) in [5.74, 6) is 1.01. The number of hydrogen-bond donors (Lipinski definition) is 1. The molecule has 1 aromatic rings. The van der Waals surface area contributed by atoms with E-state index in [1.54, 1.807) is 12.1 Å². The van der Waals surface area contributed by atoms with Crippen molar-refractivity contribution in [2.45, 2.75) is 12.8 Å². The van der Waals surface area contributed by atoms with E-state index in [-0.39, 0.29) is 0 Å². The fourth-order valence-corrected chi connectivity index (χ4v) is 1.15. The quantitative estimate of drug-likeness (QED) is 0.578. The van der Waals surface area contributed by atoms with E-state index in [0.29, 0.717) is 11.6 Å². The van der Waals surface area contributed by atoms with E-state index in [2.05, 4.69) is 6.08 Å². The van der Waals surface area contributed by atoms with Crippen LogP contribution in [0.3, 0.4) is 0 Å². The monoisotopic (exact) mass is 196 g/mol. The van der Waals surface area contributed by atoms with Crippen molar-refractivity contribution in [2.75, 3.05) is 5.88 Å². The highest BCUT2D eigenvalue weighted by Crippen LogP contribution is 2.11. The first-order valence-electron chi connectivity index (χ1n) is 4.34. The molecule has 0 amide bonds. The second-order valence-corrected chi connectivity index (χ2v) is 3.20. The number of unbranched alkanes of at least 4 members (excludes halogenated alkanes) is 1. The Kier molecular flexibility index (Phi) is 4.41. The number of phenols is 1. The third-order valence-electron chi connectivity index (χ3n) is 1.71. The maximum Gasteiger partial charge on any atom is 0.115 e. The molecule has 70 valence electrons. The van der Waals surface area contributed by atoms with Gasteiger partial charge in [-0.3, -0.25) is 0 Å². The zero-order valence-corrected chi connectivity index (χ0v) is 8.17. The topological polar surface area (TPSA) is 20.2 Å². The van der Waals surface area contributed by atoms with Crippen molar-refractivity contribution in [1.29, 1.82) is 0 Å². The Bertz CT molecular complexity index is 264. The molecule has 1 aromatic carbocycles. The van der Waals surface area contributed by atoms with Crippen molar-refractivity contribution in [3.63, 3.8) is 0 Å². The number of allylic oxidation sites excluding steroid dienone is 1. The molecule has 0 heterocycles. The van der Waals surface area contributed by atoms with Gasteiger partial charge in [-0.25, -0.2) is 0 Å². The SMILES string of the molecule is Oc1ccc(C=CCCCCl)cc1. The van der Waals surface area contributed by atoms with E-state index in [0.717, 1.165) is 18.4 Å². The Balaban J connectivity index is 2.44. The number of phenolic OH excluding ortho intramolecular Hbond substituents is 1. The Morgan fingerprint density at radius 3 is 2.54 bits per heavy atom. The highest BCUT2D eigenvalue weighted by molar-refractivity contribution is 6.17. The molecule has 0 aliphatic rings. The van der Waals surface area contributed by atoms with Gasteiger partial charge in [0, 0.05) is 5.88 Å². The van der Waals surface area contributed by atoms with E-state index < -0.39 is 0 Å². The van der Waals surface area contributed by atoms with Gasteiger partial charge >= 0.3 is 0 Å². The van der Waals surface area contributed by atoms with Crippen molar-refractivity contribution in [3.8, 4) is 5.75 Å². The second-order valence-electron chi connectivity index (χ2n) is 2.83. The third-order valence-corrected chi connectivity index (χ3v) is 1.98. The minimum absolute atomic E-state index is 0.304. The lowest BCUT2D eigenvalue weighted by Crippen LogP contribution is -1.73. The van der Waals surface area contributed by atoms with Crippen molar-refractivity contribution in [2.24, 2.45) is 0 Å². The van der Waals surface area contributed by atoms with Gasteiger partial charge in [-0.05, 0) is 30.5 Å². The van der Waals surface area contributed by atoms with Gasteiger partial charge < -0.3 is 5.11 Å². The maximum absolute atomic E-state index is 9.02. The molecule has 0 aromatic heterocycles. The van der Waals surface area contributed by atoms with Gasteiger partial charge in [0.25, 0.3) is 0 Å². The van der Waals surface area contributed by atoms with E-state index in [9.17, 15) is 0 Å². The van der Waals surface area contributed by atoms with E-state index >= 15 is 0 Å². The second kappa shape index (κ2) is 5.65. The van der Waals surface area contributed by atoms with Crippen LogP contribution >= 0.6 is 11.6 Å². The molecule has 0 aliphatic carbocycles. The molecule has 0 spiro atoms. The summed E-state index contributed by atoms with van der Waals surface area (Å²) in [6.45, 7) is 0. The molecule has 0 radical (unpaired) electrons. The van der Waals surface area contributed by atoms with Gasteiger partial charge in [-0.15, -0.1) is 11.6 Å². The number of hydrogen-bond acceptors (Lipinski definition) is 1. The van der Waals surface area contributed by atoms with Gasteiger partial charge in [-0.1, -0.05) is 24.3 Å². The number of alkyl halides is 1. The Hall–Kier alpha value is -0.950. The summed E-state index contributed by atoms with van der Waals surface area (Å²) in [4.78, 5) is 0. The average Bonchev–Trinajstić information content (AvgIpc) is 2.15. The normalized spacial score (nSPS) is 10.8. The molecule has 1 nitrogen and oxygen atoms in total. The van der Waals surface area contributed by atoms with Crippen molar-refractivity contribution >= 4 is 17.7 Å². The van der Waals surface area contributed by atoms with Crippen molar-refractivity contribution < 1.29 is 5.11 Å². The molecule has 0 saturated heterocycles. The summed E-state index contributed by atoms with van der Waals surface area (Å²) in [5.41, 5.74) is 1.10. The van der Waals surface area contributed by atoms with Crippen LogP contribution in [0.5, 0.6) is 5.75 Å². The predicted octanol–water partition coefficient (Wildman–Crippen LogP) is 3.42. The Morgan fingerprint density at radius 1 is 1.23 bits per heavy atom. The van der Waals surface area contributed by atoms with Crippen LogP contribution in [0, 0.1) is 0 Å². The number of aromatic hydroxyl groups is 1. The van der Waals surface area contributed by atoms with Gasteiger partial charge in [-0.2, -0.15) is 0 Å². The number of rotatable bonds is 4. The van der Waals surface area contributed by atoms with Gasteiger partial charge in [0.2, 0.25) is 0 Å². The molecule has 0 aliphatic heterocycles. The minimum Gasteiger partial charge on any atom is -0.508 e. The van der Waals surface area contributed by atoms with Gasteiger partial charge in [0.05, 0.1) is 0 Å². The van der Waals surface area contributed by atoms with Crippen LogP contribution in [0.4, 0.5) is 0 Å². The molecule has 0 bridgehead atoms. The number of benzene rings is 1. The fraction of sp³-hybridized carbons (Fsp3) is 0.273. The highest BCUT2D eigenvalue weighted by Gasteiger charge is 1.87. The van der Waals surface area contributed by atoms with Crippen LogP contribution in [0.1, 0.15) is 18.4 Å². The van der Waals surface area contributed by atoms with E-state index in [1.807, 2.05) is 18.2 Å². The van der Waals surface area contributed by atoms with Crippen LogP contribution in [-0.2, 0) is 0 Å². The van der Waals surface area contributed by atoms with Crippen molar-refractivity contribution in [3.05, 3.63) is 35.9 Å². The molecule has 1 rings (SSSR count). The highest BCUT2D eigenvalue weighted by atomic mass is 35.5. The summed E-state index contributed by atoms with van der Waals surface area (Å²) < 4.78 is 0. The van der Waals surface area contributed by atoms with Gasteiger partial charge in [0.1, 0.15) is 5.75 Å². The molecule has 0 unspecified atom stereocenters. The molecular weight excluding hydrogens is 184 g/mol. The molecule has 2 heteroatoms. The smallest absolute Gasteiger partial charge is 0.115 e. The first-order valence-corrected chi connectivity index (χ1v) is 4.88. The summed E-state index contributed by atoms with van der Waals surface area (Å²) in [7, 11) is 0. The zero-order valence-electron chi connectivity index (χ0n) is 7.41. The Labute approximate surface area is 83.7 Å². The van der Waals surface area contributed by atoms with Crippen molar-refractivity contribution in [1.82, 2.24) is 0 Å². The standard InChI is InChI=1S/C11H13ClO/c12-9-3-1-2-4-10-5-7-11(13)8-6-10/h2,4-8,13H,1,3,9H2. The third kappa shape index (κ3) is 4.00.